The Bertz CT molecular complexity index is 1240. The smallest absolute Gasteiger partial charge is 0.350 e. The normalized spacial score (nSPS) is 10.8. The van der Waals surface area contributed by atoms with Crippen molar-refractivity contribution in [1.82, 2.24) is 25.2 Å². The molecule has 0 aliphatic heterocycles. The number of carbonyl (C=O) groups excluding carboxylic acids is 1. The zero-order valence-electron chi connectivity index (χ0n) is 17.1. The number of carbonyl (C=O) groups is 1. The van der Waals surface area contributed by atoms with Crippen molar-refractivity contribution in [1.29, 1.82) is 0 Å². The molecule has 0 radical (unpaired) electrons. The quantitative estimate of drug-likeness (QED) is 0.449. The molecule has 0 amide bonds. The molecule has 0 unspecified atom stereocenters. The third kappa shape index (κ3) is 4.10. The minimum Gasteiger partial charge on any atom is -0.504 e. The molecule has 31 heavy (non-hydrogen) atoms. The number of aryl methyl sites for hydroxylation is 2. The number of phenolic OH excluding ortho intramolecular Hbond substituents is 1. The van der Waals surface area contributed by atoms with Crippen LogP contribution < -0.4 is 4.74 Å². The molecule has 0 atom stereocenters. The first-order valence-electron chi connectivity index (χ1n) is 9.46. The molecule has 0 fully saturated rings. The lowest BCUT2D eigenvalue weighted by atomic mass is 10.2. The van der Waals surface area contributed by atoms with Gasteiger partial charge in [-0.3, -0.25) is 0 Å². The van der Waals surface area contributed by atoms with Gasteiger partial charge >= 0.3 is 5.97 Å². The maximum atomic E-state index is 12.2. The number of ether oxygens (including phenoxy) is 2. The second kappa shape index (κ2) is 8.52. The third-order valence-corrected chi connectivity index (χ3v) is 5.67. The number of tetrazole rings is 1. The summed E-state index contributed by atoms with van der Waals surface area (Å²) in [6.45, 7) is 5.62. The highest BCUT2D eigenvalue weighted by atomic mass is 32.1. The summed E-state index contributed by atoms with van der Waals surface area (Å²) in [5, 5.41) is 22.3. The Morgan fingerprint density at radius 1 is 1.19 bits per heavy atom. The molecule has 4 aromatic rings. The zero-order chi connectivity index (χ0) is 22.0. The van der Waals surface area contributed by atoms with E-state index in [-0.39, 0.29) is 11.7 Å². The molecular formula is C21H19N5O4S. The molecule has 2 aromatic heterocycles. The molecule has 0 bridgehead atoms. The molecule has 2 aromatic carbocycles. The van der Waals surface area contributed by atoms with Crippen LogP contribution in [-0.4, -0.2) is 42.9 Å². The molecule has 4 rings (SSSR count). The van der Waals surface area contributed by atoms with Crippen LogP contribution in [0.3, 0.4) is 0 Å². The fourth-order valence-corrected chi connectivity index (χ4v) is 3.88. The summed E-state index contributed by atoms with van der Waals surface area (Å²) in [5.41, 5.74) is 2.61. The molecule has 0 saturated heterocycles. The number of phenols is 1. The van der Waals surface area contributed by atoms with Crippen LogP contribution in [0.25, 0.3) is 16.3 Å². The number of para-hydroxylation sites is 1. The third-order valence-electron chi connectivity index (χ3n) is 4.48. The van der Waals surface area contributed by atoms with E-state index in [0.717, 1.165) is 5.56 Å². The summed E-state index contributed by atoms with van der Waals surface area (Å²) < 4.78 is 12.5. The van der Waals surface area contributed by atoms with Crippen molar-refractivity contribution in [3.8, 4) is 33.5 Å². The largest absolute Gasteiger partial charge is 0.504 e. The van der Waals surface area contributed by atoms with Crippen molar-refractivity contribution in [3.63, 3.8) is 0 Å². The van der Waals surface area contributed by atoms with Crippen LogP contribution in [-0.2, 0) is 4.74 Å². The highest BCUT2D eigenvalue weighted by Gasteiger charge is 2.19. The van der Waals surface area contributed by atoms with Gasteiger partial charge in [-0.1, -0.05) is 12.1 Å². The number of hydrogen-bond acceptors (Lipinski definition) is 9. The average Bonchev–Trinajstić information content (AvgIpc) is 3.42. The van der Waals surface area contributed by atoms with E-state index in [1.165, 1.54) is 22.3 Å². The highest BCUT2D eigenvalue weighted by molar-refractivity contribution is 7.17. The monoisotopic (exact) mass is 437 g/mol. The molecule has 2 heterocycles. The van der Waals surface area contributed by atoms with Crippen LogP contribution in [0, 0.1) is 13.8 Å². The van der Waals surface area contributed by atoms with E-state index >= 15 is 0 Å². The summed E-state index contributed by atoms with van der Waals surface area (Å²) in [6.07, 6.45) is 1.44. The van der Waals surface area contributed by atoms with Crippen LogP contribution in [0.2, 0.25) is 0 Å². The SMILES string of the molecule is CCOC(=O)c1sc(-c2ccc(Oc3cccc(C)c3O)c(-n3cnnn3)c2)nc1C. The predicted molar refractivity (Wildman–Crippen MR) is 114 cm³/mol. The summed E-state index contributed by atoms with van der Waals surface area (Å²) >= 11 is 1.25. The minimum absolute atomic E-state index is 0.0591. The van der Waals surface area contributed by atoms with Crippen LogP contribution in [0.1, 0.15) is 27.9 Å². The summed E-state index contributed by atoms with van der Waals surface area (Å²) in [7, 11) is 0. The number of hydrogen-bond donors (Lipinski definition) is 1. The van der Waals surface area contributed by atoms with E-state index in [1.54, 1.807) is 45.0 Å². The summed E-state index contributed by atoms with van der Waals surface area (Å²) in [4.78, 5) is 17.1. The summed E-state index contributed by atoms with van der Waals surface area (Å²) in [5.74, 6) is 0.427. The van der Waals surface area contributed by atoms with E-state index < -0.39 is 0 Å². The molecule has 158 valence electrons. The van der Waals surface area contributed by atoms with Gasteiger partial charge < -0.3 is 14.6 Å². The van der Waals surface area contributed by atoms with Crippen LogP contribution >= 0.6 is 11.3 Å². The van der Waals surface area contributed by atoms with Gasteiger partial charge in [-0.2, -0.15) is 4.68 Å². The van der Waals surface area contributed by atoms with Gasteiger partial charge in [0.1, 0.15) is 21.9 Å². The van der Waals surface area contributed by atoms with Gasteiger partial charge in [0.25, 0.3) is 0 Å². The van der Waals surface area contributed by atoms with Gasteiger partial charge in [-0.05, 0) is 61.0 Å². The van der Waals surface area contributed by atoms with Gasteiger partial charge in [0, 0.05) is 5.56 Å². The average molecular weight is 437 g/mol. The van der Waals surface area contributed by atoms with E-state index in [9.17, 15) is 9.90 Å². The molecule has 0 spiro atoms. The minimum atomic E-state index is -0.390. The molecule has 0 aliphatic carbocycles. The number of nitrogens with zero attached hydrogens (tertiary/aromatic N) is 5. The Balaban J connectivity index is 1.76. The van der Waals surface area contributed by atoms with Gasteiger partial charge in [0.15, 0.2) is 17.2 Å². The number of rotatable bonds is 6. The van der Waals surface area contributed by atoms with Crippen LogP contribution in [0.5, 0.6) is 17.2 Å². The van der Waals surface area contributed by atoms with Crippen molar-refractivity contribution in [2.24, 2.45) is 0 Å². The molecule has 10 heteroatoms. The fourth-order valence-electron chi connectivity index (χ4n) is 2.93. The van der Waals surface area contributed by atoms with Gasteiger partial charge in [0.05, 0.1) is 12.3 Å². The first-order valence-corrected chi connectivity index (χ1v) is 10.3. The predicted octanol–water partition coefficient (Wildman–Crippen LogP) is 4.08. The molecule has 0 aliphatic rings. The van der Waals surface area contributed by atoms with Gasteiger partial charge in [-0.25, -0.2) is 9.78 Å². The number of aromatic hydroxyl groups is 1. The fraction of sp³-hybridized carbons (Fsp3) is 0.190. The Kier molecular flexibility index (Phi) is 5.63. The molecule has 9 nitrogen and oxygen atoms in total. The summed E-state index contributed by atoms with van der Waals surface area (Å²) in [6, 6.07) is 10.6. The molecular weight excluding hydrogens is 418 g/mol. The van der Waals surface area contributed by atoms with Crippen molar-refractivity contribution >= 4 is 17.3 Å². The van der Waals surface area contributed by atoms with Crippen molar-refractivity contribution in [3.05, 3.63) is 58.9 Å². The standard InChI is InChI=1S/C21H19N5O4S/c1-4-29-21(28)19-13(3)23-20(31-19)14-8-9-16(15(10-14)26-11-22-24-25-26)30-17-7-5-6-12(2)18(17)27/h5-11,27H,4H2,1-3H3. The topological polar surface area (TPSA) is 112 Å². The Hall–Kier alpha value is -3.79. The maximum Gasteiger partial charge on any atom is 0.350 e. The lowest BCUT2D eigenvalue weighted by Crippen LogP contribution is -2.03. The highest BCUT2D eigenvalue weighted by Crippen LogP contribution is 2.38. The Morgan fingerprint density at radius 3 is 2.77 bits per heavy atom. The van der Waals surface area contributed by atoms with Crippen molar-refractivity contribution < 1.29 is 19.4 Å². The van der Waals surface area contributed by atoms with Crippen LogP contribution in [0.15, 0.2) is 42.7 Å². The second-order valence-electron chi connectivity index (χ2n) is 6.61. The lowest BCUT2D eigenvalue weighted by molar-refractivity contribution is 0.0531. The number of benzene rings is 2. The lowest BCUT2D eigenvalue weighted by Gasteiger charge is -2.13. The first-order chi connectivity index (χ1) is 15.0. The van der Waals surface area contributed by atoms with Gasteiger partial charge in [-0.15, -0.1) is 16.4 Å². The van der Waals surface area contributed by atoms with Crippen molar-refractivity contribution in [2.75, 3.05) is 6.61 Å². The van der Waals surface area contributed by atoms with E-state index in [2.05, 4.69) is 20.5 Å². The number of aromatic nitrogens is 5. The Labute approximate surface area is 181 Å². The molecule has 0 saturated carbocycles. The van der Waals surface area contributed by atoms with Crippen molar-refractivity contribution in [2.45, 2.75) is 20.8 Å². The Morgan fingerprint density at radius 2 is 2.03 bits per heavy atom. The maximum absolute atomic E-state index is 12.2. The van der Waals surface area contributed by atoms with E-state index in [0.29, 0.717) is 44.9 Å². The van der Waals surface area contributed by atoms with E-state index in [1.807, 2.05) is 12.1 Å². The number of thiazole rings is 1. The van der Waals surface area contributed by atoms with E-state index in [4.69, 9.17) is 9.47 Å². The van der Waals surface area contributed by atoms with Gasteiger partial charge in [0.2, 0.25) is 0 Å². The second-order valence-corrected chi connectivity index (χ2v) is 7.61. The zero-order valence-corrected chi connectivity index (χ0v) is 17.9. The first kappa shape index (κ1) is 20.5. The van der Waals surface area contributed by atoms with Crippen LogP contribution in [0.4, 0.5) is 0 Å². The number of esters is 1. The molecule has 1 N–H and O–H groups in total.